The number of carbonyl (C=O) groups is 1. The third-order valence-corrected chi connectivity index (χ3v) is 5.09. The Kier molecular flexibility index (Phi) is 7.64. The molecule has 0 aliphatic heterocycles. The molecule has 0 spiro atoms. The Bertz CT molecular complexity index is 1170. The van der Waals surface area contributed by atoms with Crippen LogP contribution in [0.1, 0.15) is 5.56 Å². The molecule has 1 aromatic heterocycles. The lowest BCUT2D eigenvalue weighted by molar-refractivity contribution is -0.384. The van der Waals surface area contributed by atoms with E-state index in [1.54, 1.807) is 38.6 Å². The zero-order valence-corrected chi connectivity index (χ0v) is 18.4. The Hall–Kier alpha value is -4.33. The summed E-state index contributed by atoms with van der Waals surface area (Å²) in [7, 11) is 3.09. The van der Waals surface area contributed by atoms with E-state index in [9.17, 15) is 14.9 Å². The van der Waals surface area contributed by atoms with E-state index in [2.05, 4.69) is 26.0 Å². The van der Waals surface area contributed by atoms with Crippen LogP contribution in [0.4, 0.5) is 17.3 Å². The van der Waals surface area contributed by atoms with Crippen molar-refractivity contribution in [1.82, 2.24) is 14.9 Å². The van der Waals surface area contributed by atoms with Gasteiger partial charge in [-0.05, 0) is 35.9 Å². The van der Waals surface area contributed by atoms with Gasteiger partial charge in [-0.1, -0.05) is 11.8 Å². The summed E-state index contributed by atoms with van der Waals surface area (Å²) in [5, 5.41) is 25.5. The van der Waals surface area contributed by atoms with Crippen molar-refractivity contribution in [3.05, 3.63) is 58.1 Å². The van der Waals surface area contributed by atoms with Crippen molar-refractivity contribution >= 4 is 41.2 Å². The molecule has 3 aromatic rings. The molecule has 0 fully saturated rings. The van der Waals surface area contributed by atoms with E-state index < -0.39 is 4.92 Å². The first kappa shape index (κ1) is 23.3. The largest absolute Gasteiger partial charge is 0.493 e. The lowest BCUT2D eigenvalue weighted by atomic mass is 10.2. The zero-order chi connectivity index (χ0) is 23.8. The highest BCUT2D eigenvalue weighted by molar-refractivity contribution is 7.99. The SMILES string of the molecule is COc1ccc(/C=N/Nc2nnc(SCC(=O)Nc3ccc([N+](=O)[O-])cc3)n2N)cc1OC. The van der Waals surface area contributed by atoms with Crippen LogP contribution in [0.3, 0.4) is 0 Å². The summed E-state index contributed by atoms with van der Waals surface area (Å²) in [6.45, 7) is 0. The van der Waals surface area contributed by atoms with Gasteiger partial charge in [0.15, 0.2) is 11.5 Å². The van der Waals surface area contributed by atoms with Crippen LogP contribution < -0.4 is 26.1 Å². The zero-order valence-electron chi connectivity index (χ0n) is 17.6. The van der Waals surface area contributed by atoms with Gasteiger partial charge in [-0.25, -0.2) is 10.1 Å². The van der Waals surface area contributed by atoms with Gasteiger partial charge in [0.05, 0.1) is 31.1 Å². The maximum atomic E-state index is 12.1. The number of anilines is 2. The highest BCUT2D eigenvalue weighted by Gasteiger charge is 2.13. The average Bonchev–Trinajstić information content (AvgIpc) is 3.17. The summed E-state index contributed by atoms with van der Waals surface area (Å²) in [6.07, 6.45) is 1.54. The number of benzene rings is 2. The van der Waals surface area contributed by atoms with Crippen LogP contribution in [0, 0.1) is 10.1 Å². The molecular weight excluding hydrogens is 452 g/mol. The molecule has 1 amide bonds. The lowest BCUT2D eigenvalue weighted by Crippen LogP contribution is -2.16. The van der Waals surface area contributed by atoms with E-state index >= 15 is 0 Å². The summed E-state index contributed by atoms with van der Waals surface area (Å²) in [5.41, 5.74) is 3.81. The Labute approximate surface area is 192 Å². The first-order valence-electron chi connectivity index (χ1n) is 9.30. The van der Waals surface area contributed by atoms with Gasteiger partial charge >= 0.3 is 0 Å². The second-order valence-electron chi connectivity index (χ2n) is 6.30. The number of ether oxygens (including phenoxy) is 2. The van der Waals surface area contributed by atoms with Crippen molar-refractivity contribution in [2.24, 2.45) is 5.10 Å². The number of rotatable bonds is 10. The quantitative estimate of drug-likeness (QED) is 0.130. The predicted molar refractivity (Wildman–Crippen MR) is 123 cm³/mol. The standard InChI is InChI=1S/C19H20N8O5S/c1-31-15-8-3-12(9-16(15)32-2)10-21-23-18-24-25-19(26(18)20)33-11-17(28)22-13-4-6-14(7-5-13)27(29)30/h3-10H,11,20H2,1-2H3,(H,22,28)(H,23,24)/b21-10+. The fourth-order valence-electron chi connectivity index (χ4n) is 2.54. The summed E-state index contributed by atoms with van der Waals surface area (Å²) < 4.78 is 11.6. The molecule has 4 N–H and O–H groups in total. The maximum absolute atomic E-state index is 12.1. The Morgan fingerprint density at radius 3 is 2.61 bits per heavy atom. The summed E-state index contributed by atoms with van der Waals surface area (Å²) in [6, 6.07) is 10.8. The molecule has 2 aromatic carbocycles. The molecule has 0 atom stereocenters. The van der Waals surface area contributed by atoms with E-state index in [1.165, 1.54) is 24.3 Å². The smallest absolute Gasteiger partial charge is 0.269 e. The van der Waals surface area contributed by atoms with Crippen LogP contribution in [0.5, 0.6) is 11.5 Å². The van der Waals surface area contributed by atoms with Gasteiger partial charge in [-0.3, -0.25) is 14.9 Å². The second-order valence-corrected chi connectivity index (χ2v) is 7.24. The van der Waals surface area contributed by atoms with Crippen LogP contribution in [-0.4, -0.2) is 51.9 Å². The summed E-state index contributed by atoms with van der Waals surface area (Å²) in [5.74, 6) is 6.95. The van der Waals surface area contributed by atoms with Gasteiger partial charge in [0, 0.05) is 17.8 Å². The van der Waals surface area contributed by atoms with Crippen molar-refractivity contribution in [2.45, 2.75) is 5.16 Å². The van der Waals surface area contributed by atoms with Gasteiger partial charge in [0.1, 0.15) is 0 Å². The first-order valence-corrected chi connectivity index (χ1v) is 10.3. The maximum Gasteiger partial charge on any atom is 0.269 e. The van der Waals surface area contributed by atoms with E-state index in [0.717, 1.165) is 22.0 Å². The number of hydrogen-bond acceptors (Lipinski definition) is 11. The number of nitro benzene ring substituents is 1. The fraction of sp³-hybridized carbons (Fsp3) is 0.158. The third-order valence-electron chi connectivity index (χ3n) is 4.14. The normalized spacial score (nSPS) is 10.7. The molecule has 0 saturated heterocycles. The van der Waals surface area contributed by atoms with E-state index in [-0.39, 0.29) is 28.5 Å². The average molecular weight is 472 g/mol. The minimum Gasteiger partial charge on any atom is -0.493 e. The number of nitrogen functional groups attached to an aromatic ring is 1. The van der Waals surface area contributed by atoms with Gasteiger partial charge in [-0.2, -0.15) is 5.10 Å². The molecule has 3 rings (SSSR count). The molecular formula is C19H20N8O5S. The van der Waals surface area contributed by atoms with Gasteiger partial charge in [0.25, 0.3) is 11.6 Å². The molecule has 14 heteroatoms. The number of nitrogens with one attached hydrogen (secondary N) is 2. The second kappa shape index (κ2) is 10.8. The molecule has 0 saturated carbocycles. The van der Waals surface area contributed by atoms with Crippen LogP contribution in [0.25, 0.3) is 0 Å². The summed E-state index contributed by atoms with van der Waals surface area (Å²) in [4.78, 5) is 22.3. The van der Waals surface area contributed by atoms with E-state index in [0.29, 0.717) is 17.2 Å². The van der Waals surface area contributed by atoms with Crippen LogP contribution in [0.15, 0.2) is 52.7 Å². The number of nitro groups is 1. The molecule has 0 aliphatic rings. The number of non-ortho nitro benzene ring substituents is 1. The highest BCUT2D eigenvalue weighted by atomic mass is 32.2. The van der Waals surface area contributed by atoms with Crippen molar-refractivity contribution in [1.29, 1.82) is 0 Å². The Morgan fingerprint density at radius 1 is 1.21 bits per heavy atom. The highest BCUT2D eigenvalue weighted by Crippen LogP contribution is 2.27. The van der Waals surface area contributed by atoms with Crippen molar-refractivity contribution in [3.63, 3.8) is 0 Å². The number of nitrogens with two attached hydrogens (primary N) is 1. The number of hydrogen-bond donors (Lipinski definition) is 3. The van der Waals surface area contributed by atoms with Crippen molar-refractivity contribution in [3.8, 4) is 11.5 Å². The van der Waals surface area contributed by atoms with Gasteiger partial charge in [0.2, 0.25) is 11.1 Å². The monoisotopic (exact) mass is 472 g/mol. The van der Waals surface area contributed by atoms with Crippen molar-refractivity contribution < 1.29 is 19.2 Å². The number of thioether (sulfide) groups is 1. The molecule has 0 aliphatic carbocycles. The van der Waals surface area contributed by atoms with E-state index in [1.807, 2.05) is 0 Å². The minimum atomic E-state index is -0.515. The number of amides is 1. The van der Waals surface area contributed by atoms with E-state index in [4.69, 9.17) is 15.3 Å². The number of hydrazone groups is 1. The fourth-order valence-corrected chi connectivity index (χ4v) is 3.20. The molecule has 0 unspecified atom stereocenters. The third kappa shape index (κ3) is 6.10. The van der Waals surface area contributed by atoms with Crippen LogP contribution >= 0.6 is 11.8 Å². The molecule has 13 nitrogen and oxygen atoms in total. The molecule has 0 radical (unpaired) electrons. The number of methoxy groups -OCH3 is 2. The van der Waals surface area contributed by atoms with Crippen molar-refractivity contribution in [2.75, 3.05) is 36.6 Å². The van der Waals surface area contributed by atoms with Gasteiger partial charge < -0.3 is 20.6 Å². The molecule has 0 bridgehead atoms. The van der Waals surface area contributed by atoms with Crippen LogP contribution in [0.2, 0.25) is 0 Å². The molecule has 1 heterocycles. The number of nitrogens with zero attached hydrogens (tertiary/aromatic N) is 5. The lowest BCUT2D eigenvalue weighted by Gasteiger charge is -2.07. The Balaban J connectivity index is 1.53. The predicted octanol–water partition coefficient (Wildman–Crippen LogP) is 2.09. The Morgan fingerprint density at radius 2 is 1.94 bits per heavy atom. The van der Waals surface area contributed by atoms with Gasteiger partial charge in [-0.15, -0.1) is 10.2 Å². The number of carbonyl (C=O) groups excluding carboxylic acids is 1. The van der Waals surface area contributed by atoms with Crippen LogP contribution in [-0.2, 0) is 4.79 Å². The summed E-state index contributed by atoms with van der Waals surface area (Å²) >= 11 is 1.06. The molecule has 172 valence electrons. The molecule has 33 heavy (non-hydrogen) atoms. The minimum absolute atomic E-state index is 0.00122. The number of aromatic nitrogens is 3. The first-order chi connectivity index (χ1) is 15.9. The topological polar surface area (TPSA) is 172 Å².